The number of hydrogen-bond donors (Lipinski definition) is 1. The molecule has 0 aromatic carbocycles. The second kappa shape index (κ2) is 3.38. The number of nitrogens with zero attached hydrogens (tertiary/aromatic N) is 2. The van der Waals surface area contributed by atoms with Gasteiger partial charge in [0.1, 0.15) is 5.65 Å². The van der Waals surface area contributed by atoms with Gasteiger partial charge in [0.25, 0.3) is 0 Å². The Bertz CT molecular complexity index is 516. The minimum atomic E-state index is -0.814. The standard InChI is InChI=1S/C11H12N2O2/c1-7(11(14)15)9-6-13(2)10-8(9)4-3-5-12-10/h3-7H,1-2H3,(H,14,15). The molecule has 0 aliphatic heterocycles. The summed E-state index contributed by atoms with van der Waals surface area (Å²) < 4.78 is 1.85. The molecule has 78 valence electrons. The van der Waals surface area contributed by atoms with Gasteiger partial charge in [-0.2, -0.15) is 0 Å². The molecule has 0 amide bonds. The summed E-state index contributed by atoms with van der Waals surface area (Å²) in [6.45, 7) is 1.68. The molecule has 1 atom stereocenters. The first-order valence-electron chi connectivity index (χ1n) is 4.74. The zero-order valence-electron chi connectivity index (χ0n) is 8.64. The Morgan fingerprint density at radius 2 is 2.33 bits per heavy atom. The average molecular weight is 204 g/mol. The molecule has 2 heterocycles. The summed E-state index contributed by atoms with van der Waals surface area (Å²) in [6.07, 6.45) is 3.54. The van der Waals surface area contributed by atoms with Gasteiger partial charge < -0.3 is 9.67 Å². The van der Waals surface area contributed by atoms with Gasteiger partial charge in [0.05, 0.1) is 5.92 Å². The highest BCUT2D eigenvalue weighted by Gasteiger charge is 2.18. The van der Waals surface area contributed by atoms with Crippen molar-refractivity contribution >= 4 is 17.0 Å². The minimum absolute atomic E-state index is 0.502. The number of pyridine rings is 1. The molecule has 1 unspecified atom stereocenters. The van der Waals surface area contributed by atoms with Crippen LogP contribution in [0.5, 0.6) is 0 Å². The van der Waals surface area contributed by atoms with E-state index in [9.17, 15) is 4.79 Å². The van der Waals surface area contributed by atoms with Gasteiger partial charge >= 0.3 is 5.97 Å². The monoisotopic (exact) mass is 204 g/mol. The van der Waals surface area contributed by atoms with Crippen molar-refractivity contribution in [1.82, 2.24) is 9.55 Å². The SMILES string of the molecule is CC(C(=O)O)c1cn(C)c2ncccc12. The number of carbonyl (C=O) groups is 1. The predicted octanol–water partition coefficient (Wildman–Crippen LogP) is 1.76. The van der Waals surface area contributed by atoms with Crippen molar-refractivity contribution in [2.24, 2.45) is 7.05 Å². The van der Waals surface area contributed by atoms with E-state index in [1.165, 1.54) is 0 Å². The molecule has 0 aliphatic rings. The molecule has 2 aromatic rings. The summed E-state index contributed by atoms with van der Waals surface area (Å²) in [6, 6.07) is 3.72. The molecule has 0 spiro atoms. The second-order valence-corrected chi connectivity index (χ2v) is 3.63. The summed E-state index contributed by atoms with van der Waals surface area (Å²) in [7, 11) is 1.87. The van der Waals surface area contributed by atoms with Crippen molar-refractivity contribution in [3.05, 3.63) is 30.1 Å². The molecular weight excluding hydrogens is 192 g/mol. The fourth-order valence-corrected chi connectivity index (χ4v) is 1.72. The fourth-order valence-electron chi connectivity index (χ4n) is 1.72. The van der Waals surface area contributed by atoms with E-state index in [0.717, 1.165) is 16.6 Å². The quantitative estimate of drug-likeness (QED) is 0.810. The lowest BCUT2D eigenvalue weighted by Gasteiger charge is -2.03. The number of carboxylic acid groups (broad SMARTS) is 1. The normalized spacial score (nSPS) is 12.9. The molecule has 2 aromatic heterocycles. The number of aromatic nitrogens is 2. The van der Waals surface area contributed by atoms with Crippen molar-refractivity contribution in [2.75, 3.05) is 0 Å². The van der Waals surface area contributed by atoms with Crippen LogP contribution >= 0.6 is 0 Å². The summed E-state index contributed by atoms with van der Waals surface area (Å²) in [5, 5.41) is 9.89. The molecule has 0 bridgehead atoms. The maximum Gasteiger partial charge on any atom is 0.310 e. The summed E-state index contributed by atoms with van der Waals surface area (Å²) in [4.78, 5) is 15.1. The van der Waals surface area contributed by atoms with E-state index in [2.05, 4.69) is 4.98 Å². The highest BCUT2D eigenvalue weighted by atomic mass is 16.4. The number of carboxylic acids is 1. The molecule has 0 saturated heterocycles. The van der Waals surface area contributed by atoms with E-state index < -0.39 is 11.9 Å². The molecular formula is C11H12N2O2. The summed E-state index contributed by atoms with van der Waals surface area (Å²) >= 11 is 0. The molecule has 4 heteroatoms. The van der Waals surface area contributed by atoms with Crippen LogP contribution in [0.1, 0.15) is 18.4 Å². The highest BCUT2D eigenvalue weighted by molar-refractivity contribution is 5.87. The minimum Gasteiger partial charge on any atom is -0.481 e. The molecule has 0 aliphatic carbocycles. The molecule has 4 nitrogen and oxygen atoms in total. The van der Waals surface area contributed by atoms with E-state index in [4.69, 9.17) is 5.11 Å². The van der Waals surface area contributed by atoms with Crippen LogP contribution in [0.15, 0.2) is 24.5 Å². The highest BCUT2D eigenvalue weighted by Crippen LogP contribution is 2.25. The van der Waals surface area contributed by atoms with Crippen molar-refractivity contribution in [3.63, 3.8) is 0 Å². The second-order valence-electron chi connectivity index (χ2n) is 3.63. The van der Waals surface area contributed by atoms with E-state index in [0.29, 0.717) is 0 Å². The van der Waals surface area contributed by atoms with Crippen molar-refractivity contribution in [1.29, 1.82) is 0 Å². The van der Waals surface area contributed by atoms with E-state index in [-0.39, 0.29) is 0 Å². The van der Waals surface area contributed by atoms with Gasteiger partial charge in [-0.15, -0.1) is 0 Å². The number of aryl methyl sites for hydroxylation is 1. The fraction of sp³-hybridized carbons (Fsp3) is 0.273. The van der Waals surface area contributed by atoms with Gasteiger partial charge in [0, 0.05) is 24.8 Å². The van der Waals surface area contributed by atoms with Crippen LogP contribution < -0.4 is 0 Å². The van der Waals surface area contributed by atoms with Gasteiger partial charge in [-0.1, -0.05) is 0 Å². The Labute approximate surface area is 87.2 Å². The first kappa shape index (κ1) is 9.71. The Morgan fingerprint density at radius 1 is 1.60 bits per heavy atom. The molecule has 0 saturated carbocycles. The first-order valence-corrected chi connectivity index (χ1v) is 4.74. The zero-order chi connectivity index (χ0) is 11.0. The van der Waals surface area contributed by atoms with Crippen LogP contribution in [0, 0.1) is 0 Å². The summed E-state index contributed by atoms with van der Waals surface area (Å²) in [5.41, 5.74) is 1.63. The number of rotatable bonds is 2. The van der Waals surface area contributed by atoms with Gasteiger partial charge in [-0.05, 0) is 24.6 Å². The van der Waals surface area contributed by atoms with E-state index in [1.54, 1.807) is 13.1 Å². The molecule has 2 rings (SSSR count). The number of hydrogen-bond acceptors (Lipinski definition) is 2. The largest absolute Gasteiger partial charge is 0.481 e. The van der Waals surface area contributed by atoms with Crippen LogP contribution in [0.2, 0.25) is 0 Å². The van der Waals surface area contributed by atoms with Gasteiger partial charge in [-0.25, -0.2) is 4.98 Å². The number of aliphatic carboxylic acids is 1. The van der Waals surface area contributed by atoms with Gasteiger partial charge in [-0.3, -0.25) is 4.79 Å². The van der Waals surface area contributed by atoms with Crippen LogP contribution in [0.25, 0.3) is 11.0 Å². The Hall–Kier alpha value is -1.84. The van der Waals surface area contributed by atoms with Crippen molar-refractivity contribution in [3.8, 4) is 0 Å². The van der Waals surface area contributed by atoms with Gasteiger partial charge in [0.15, 0.2) is 0 Å². The smallest absolute Gasteiger partial charge is 0.310 e. The lowest BCUT2D eigenvalue weighted by molar-refractivity contribution is -0.138. The summed E-state index contributed by atoms with van der Waals surface area (Å²) in [5.74, 6) is -1.32. The van der Waals surface area contributed by atoms with Crippen LogP contribution in [0.3, 0.4) is 0 Å². The van der Waals surface area contributed by atoms with E-state index >= 15 is 0 Å². The maximum atomic E-state index is 10.9. The Balaban J connectivity index is 2.67. The Kier molecular flexibility index (Phi) is 2.19. The first-order chi connectivity index (χ1) is 7.11. The third-order valence-corrected chi connectivity index (χ3v) is 2.60. The lowest BCUT2D eigenvalue weighted by Crippen LogP contribution is -2.06. The number of fused-ring (bicyclic) bond motifs is 1. The molecule has 1 N–H and O–H groups in total. The van der Waals surface area contributed by atoms with Crippen LogP contribution in [-0.2, 0) is 11.8 Å². The predicted molar refractivity (Wildman–Crippen MR) is 56.8 cm³/mol. The third kappa shape index (κ3) is 1.48. The molecule has 0 fully saturated rings. The Morgan fingerprint density at radius 3 is 3.00 bits per heavy atom. The zero-order valence-corrected chi connectivity index (χ0v) is 8.64. The van der Waals surface area contributed by atoms with Crippen molar-refractivity contribution in [2.45, 2.75) is 12.8 Å². The van der Waals surface area contributed by atoms with Gasteiger partial charge in [0.2, 0.25) is 0 Å². The van der Waals surface area contributed by atoms with Crippen LogP contribution in [0.4, 0.5) is 0 Å². The third-order valence-electron chi connectivity index (χ3n) is 2.60. The van der Waals surface area contributed by atoms with E-state index in [1.807, 2.05) is 29.9 Å². The van der Waals surface area contributed by atoms with Crippen molar-refractivity contribution < 1.29 is 9.90 Å². The molecule has 0 radical (unpaired) electrons. The van der Waals surface area contributed by atoms with Crippen LogP contribution in [-0.4, -0.2) is 20.6 Å². The average Bonchev–Trinajstić information content (AvgIpc) is 2.56. The molecule has 15 heavy (non-hydrogen) atoms. The lowest BCUT2D eigenvalue weighted by atomic mass is 10.0. The topological polar surface area (TPSA) is 55.1 Å². The maximum absolute atomic E-state index is 10.9.